The summed E-state index contributed by atoms with van der Waals surface area (Å²) in [5, 5.41) is 11.4. The Balaban J connectivity index is 0.000000152. The number of benzene rings is 4. The maximum Gasteiger partial charge on any atom is 0.271 e. The number of nitrogen functional groups attached to an aromatic ring is 2. The first-order chi connectivity index (χ1) is 68.9. The van der Waals surface area contributed by atoms with Crippen LogP contribution in [0.1, 0.15) is 157 Å². The zero-order valence-corrected chi connectivity index (χ0v) is 87.2. The maximum absolute atomic E-state index is 12.7. The first-order valence-electron chi connectivity index (χ1n) is 46.5. The molecule has 0 radical (unpaired) electrons. The SMILES string of the molecule is CCS(=O)(=O)N(C)c1ccccc1N.CCS(=O)(=O)N(C)c1ccccc1Nc1cc(Cl)nc2c1nc(C)n2C1CCCCO1.Cc1nc2c(Cl)cc(Cl)nc2n1C1CCCCO1.[C-]#[N+]c1cccc(Cc2cc(Nc3ccccc3N(C)S(=O)(=O)CC)c3c(n2)CC(C)=N3)n1.[C-]#[N+]c1cccc(Cc2cc(Nc3ccccc3N(C)S(=O)(=O)CC)c3nc(C)n(C4CCCCO4)c3n2)n1.[C-]#[N+]c1cccc(N)n1. The van der Waals surface area contributed by atoms with Gasteiger partial charge in [0.05, 0.1) is 121 Å². The lowest BCUT2D eigenvalue weighted by molar-refractivity contribution is -0.0310. The number of anilines is 12. The summed E-state index contributed by atoms with van der Waals surface area (Å²) in [6.07, 6.45) is 10.5. The number of aromatic nitrogens is 13. The number of hydrogen-bond donors (Lipinski definition) is 5. The van der Waals surface area contributed by atoms with Gasteiger partial charge in [-0.15, -0.1) is 15.0 Å². The smallest absolute Gasteiger partial charge is 0.271 e. The van der Waals surface area contributed by atoms with Crippen LogP contribution in [-0.2, 0) is 73.6 Å². The molecule has 3 atom stereocenters. The fraction of sp³-hybridized carbons (Fsp3) is 0.340. The molecule has 3 unspecified atom stereocenters. The van der Waals surface area contributed by atoms with Crippen molar-refractivity contribution in [1.29, 1.82) is 0 Å². The molecule has 3 fully saturated rings. The minimum absolute atomic E-state index is 0.00674. The summed E-state index contributed by atoms with van der Waals surface area (Å²) >= 11 is 18.5. The van der Waals surface area contributed by atoms with Gasteiger partial charge in [0.2, 0.25) is 45.9 Å². The molecule has 0 amide bonds. The molecule has 4 aliphatic heterocycles. The van der Waals surface area contributed by atoms with Gasteiger partial charge >= 0.3 is 0 Å². The molecule has 0 bridgehead atoms. The Morgan fingerprint density at radius 1 is 0.389 bits per heavy atom. The van der Waals surface area contributed by atoms with E-state index in [0.717, 1.165) is 127 Å². The molecule has 0 aliphatic carbocycles. The number of aliphatic imine (C=N–C) groups is 1. The predicted molar refractivity (Wildman–Crippen MR) is 572 cm³/mol. The van der Waals surface area contributed by atoms with E-state index in [4.69, 9.17) is 100 Å². The van der Waals surface area contributed by atoms with Crippen molar-refractivity contribution in [1.82, 2.24) is 63.5 Å². The van der Waals surface area contributed by atoms with Crippen LogP contribution in [-0.4, -0.2) is 174 Å². The van der Waals surface area contributed by atoms with E-state index in [1.54, 1.807) is 140 Å². The van der Waals surface area contributed by atoms with Gasteiger partial charge in [0.25, 0.3) is 17.5 Å². The van der Waals surface area contributed by atoms with Gasteiger partial charge in [-0.05, 0) is 210 Å². The normalized spacial score (nSPS) is 15.0. The number of nitrogens with two attached hydrogens (primary N) is 2. The number of sulfonamides is 4. The summed E-state index contributed by atoms with van der Waals surface area (Å²) < 4.78 is 127. The third-order valence-electron chi connectivity index (χ3n) is 23.9. The molecule has 3 saturated heterocycles. The molecule has 10 aromatic heterocycles. The highest BCUT2D eigenvalue weighted by Gasteiger charge is 2.32. The van der Waals surface area contributed by atoms with Crippen LogP contribution < -0.4 is 44.6 Å². The number of imidazole rings is 3. The van der Waals surface area contributed by atoms with Crippen molar-refractivity contribution in [2.45, 2.75) is 151 Å². The van der Waals surface area contributed by atoms with Gasteiger partial charge in [-0.25, -0.2) is 63.6 Å². The molecule has 0 spiro atoms. The number of aryl methyl sites for hydroxylation is 3. The lowest BCUT2D eigenvalue weighted by Crippen LogP contribution is -2.28. The van der Waals surface area contributed by atoms with Crippen LogP contribution in [0.2, 0.25) is 15.3 Å². The minimum Gasteiger partial charge on any atom is -0.397 e. The number of hydrogen-bond acceptors (Lipinski definition) is 27. The first kappa shape index (κ1) is 108. The van der Waals surface area contributed by atoms with Gasteiger partial charge in [-0.2, -0.15) is 0 Å². The molecule has 4 aromatic carbocycles. The van der Waals surface area contributed by atoms with Crippen molar-refractivity contribution >= 4 is 206 Å². The molecule has 4 aliphatic rings. The minimum atomic E-state index is -3.47. The van der Waals surface area contributed by atoms with Gasteiger partial charge in [0, 0.05) is 72.3 Å². The lowest BCUT2D eigenvalue weighted by Gasteiger charge is -2.25. The molecule has 0 saturated carbocycles. The van der Waals surface area contributed by atoms with Gasteiger partial charge in [-0.3, -0.25) is 40.9 Å². The Bertz CT molecular complexity index is 7670. The van der Waals surface area contributed by atoms with Crippen molar-refractivity contribution in [3.05, 3.63) is 271 Å². The van der Waals surface area contributed by atoms with Crippen molar-refractivity contribution in [2.24, 2.45) is 4.99 Å². The van der Waals surface area contributed by atoms with Crippen LogP contribution in [0.5, 0.6) is 0 Å². The molecule has 14 aromatic rings. The second-order valence-corrected chi connectivity index (χ2v) is 44.0. The van der Waals surface area contributed by atoms with Crippen LogP contribution in [0.3, 0.4) is 0 Å². The van der Waals surface area contributed by atoms with Gasteiger partial charge in [0.1, 0.15) is 80.1 Å². The largest absolute Gasteiger partial charge is 0.397 e. The summed E-state index contributed by atoms with van der Waals surface area (Å²) in [4.78, 5) is 59.8. The second kappa shape index (κ2) is 48.1. The Morgan fingerprint density at radius 3 is 1.15 bits per heavy atom. The topological polar surface area (TPSA) is 434 Å². The second-order valence-electron chi connectivity index (χ2n) is 33.7. The number of rotatable bonds is 25. The number of pyridine rings is 7. The van der Waals surface area contributed by atoms with E-state index in [1.807, 2.05) is 126 Å². The zero-order valence-electron chi connectivity index (χ0n) is 81.7. The number of halogens is 3. The number of nitrogens with zero attached hydrogens (tertiary/aromatic N) is 21. The Kier molecular flexibility index (Phi) is 35.9. The monoisotopic (exact) mass is 2090 g/mol. The summed E-state index contributed by atoms with van der Waals surface area (Å²) in [6.45, 7) is 37.5. The highest BCUT2D eigenvalue weighted by molar-refractivity contribution is 7.93. The van der Waals surface area contributed by atoms with Crippen LogP contribution in [0.4, 0.5) is 91.5 Å². The molecule has 44 heteroatoms. The summed E-state index contributed by atoms with van der Waals surface area (Å²) in [5.41, 5.74) is 27.2. The van der Waals surface area contributed by atoms with Crippen LogP contribution in [0, 0.1) is 40.5 Å². The van der Waals surface area contributed by atoms with E-state index < -0.39 is 40.1 Å². The van der Waals surface area contributed by atoms with Crippen LogP contribution >= 0.6 is 34.8 Å². The molecule has 37 nitrogen and oxygen atoms in total. The zero-order chi connectivity index (χ0) is 103. The third kappa shape index (κ3) is 26.1. The Morgan fingerprint density at radius 2 is 0.743 bits per heavy atom. The van der Waals surface area contributed by atoms with E-state index in [0.29, 0.717) is 161 Å². The average molecular weight is 2090 g/mol. The Labute approximate surface area is 854 Å². The van der Waals surface area contributed by atoms with Crippen molar-refractivity contribution < 1.29 is 47.9 Å². The predicted octanol–water partition coefficient (Wildman–Crippen LogP) is 20.9. The standard InChI is InChI=1S/C28H31N7O3S.C24H24N6O2S.C21H26ClN5O3S.C12H13Cl2N3O.C9H14N2O2S.C6H5N3/c1-5-39(36,37)34(4)24-13-7-6-12-22(24)33-23-18-21(17-20-11-10-14-25(29-3)31-20)32-28-27(23)30-19(2)35(28)26-15-8-9-16-38-26;1-5-33(31,32)30(4)22-11-7-6-10-19(22)29-21-15-18(27-20-13-16(2)26-24(20)21)14-17-9-8-12-23(25-3)28-17;1-4-31(28,29)26(3)17-10-6-5-9-15(17)24-16-13-18(22)25-21-20(16)23-14(2)27(21)19-11-7-8-12-30-19;1-7-15-11-8(13)6-9(14)16-12(11)17(7)10-4-2-3-5-18-10;1-3-14(12,13)11(2)9-7-5-4-6-8(9)10;1-8-6-4-2-3-5(7)9-6/h6-7,10-14,18,26H,5,8-9,15-17H2,1-2,4H3,(H,32,33);6-12,15H,5,13-14H2,1-2,4H3,(H,27,29);5-6,9-10,13,19H,4,7-8,11-12H2,1-3H3,(H,24,25);6,10H,2-5H2,1H3;4-7H,3,10H2,1-2H3;2-4H,(H2,7,9). The van der Waals surface area contributed by atoms with E-state index in [-0.39, 0.29) is 41.7 Å². The number of ether oxygens (including phenoxy) is 3. The van der Waals surface area contributed by atoms with Gasteiger partial charge < -0.3 is 56.2 Å². The Hall–Kier alpha value is -13.8. The summed E-state index contributed by atoms with van der Waals surface area (Å²) in [7, 11) is -7.36. The lowest BCUT2D eigenvalue weighted by atomic mass is 10.1. The van der Waals surface area contributed by atoms with Crippen LogP contribution in [0.15, 0.2) is 181 Å². The van der Waals surface area contributed by atoms with Crippen molar-refractivity contribution in [3.63, 3.8) is 0 Å². The highest BCUT2D eigenvalue weighted by Crippen LogP contribution is 2.43. The molecular weight excluding hydrogens is 1980 g/mol. The van der Waals surface area contributed by atoms with E-state index >= 15 is 0 Å². The van der Waals surface area contributed by atoms with Crippen molar-refractivity contribution in [2.75, 3.05) is 116 Å². The van der Waals surface area contributed by atoms with E-state index in [2.05, 4.69) is 65.4 Å². The van der Waals surface area contributed by atoms with E-state index in [9.17, 15) is 33.7 Å². The molecule has 14 heterocycles. The summed E-state index contributed by atoms with van der Waals surface area (Å²) in [5.74, 6) is 3.92. The molecule has 144 heavy (non-hydrogen) atoms. The van der Waals surface area contributed by atoms with Crippen LogP contribution in [0.25, 0.3) is 48.0 Å². The molecule has 7 N–H and O–H groups in total. The number of fused-ring (bicyclic) bond motifs is 4. The molecule has 18 rings (SSSR count). The summed E-state index contributed by atoms with van der Waals surface area (Å²) in [6, 6.07) is 51.5. The van der Waals surface area contributed by atoms with Crippen molar-refractivity contribution in [3.8, 4) is 0 Å². The third-order valence-corrected chi connectivity index (χ3v) is 31.7. The highest BCUT2D eigenvalue weighted by atomic mass is 35.5. The number of para-hydroxylation sites is 8. The van der Waals surface area contributed by atoms with Gasteiger partial charge in [-0.1, -0.05) is 121 Å². The maximum atomic E-state index is 12.7. The molecule has 754 valence electrons. The fourth-order valence-corrected chi connectivity index (χ4v) is 20.5. The van der Waals surface area contributed by atoms with Gasteiger partial charge in [0.15, 0.2) is 16.9 Å². The number of nitrogens with one attached hydrogen (secondary N) is 3. The van der Waals surface area contributed by atoms with E-state index in [1.165, 1.54) is 24.3 Å². The molecular formula is C100H113Cl3N26O11S4. The fourth-order valence-electron chi connectivity index (χ4n) is 16.4. The first-order valence-corrected chi connectivity index (χ1v) is 54.1. The quantitative estimate of drug-likeness (QED) is 0.0201. The average Bonchev–Trinajstić information content (AvgIpc) is 1.61.